The number of likely N-dealkylation sites (tertiary alicyclic amines) is 1. The van der Waals surface area contributed by atoms with Crippen molar-refractivity contribution in [3.8, 4) is 0 Å². The zero-order valence-corrected chi connectivity index (χ0v) is 26.6. The van der Waals surface area contributed by atoms with E-state index in [4.69, 9.17) is 0 Å². The molecule has 3 aromatic rings. The van der Waals surface area contributed by atoms with E-state index in [0.29, 0.717) is 50.4 Å². The third-order valence-corrected chi connectivity index (χ3v) is 9.51. The van der Waals surface area contributed by atoms with Crippen LogP contribution in [0.5, 0.6) is 0 Å². The van der Waals surface area contributed by atoms with Gasteiger partial charge in [-0.15, -0.1) is 0 Å². The van der Waals surface area contributed by atoms with Gasteiger partial charge in [-0.2, -0.15) is 0 Å². The van der Waals surface area contributed by atoms with Gasteiger partial charge in [-0.05, 0) is 30.5 Å². The third-order valence-electron chi connectivity index (χ3n) is 9.51. The Balaban J connectivity index is 1.38. The Morgan fingerprint density at radius 2 is 1.27 bits per heavy atom. The first-order valence-corrected chi connectivity index (χ1v) is 15.9. The number of nitrogens with zero attached hydrogens (tertiary/aromatic N) is 3. The summed E-state index contributed by atoms with van der Waals surface area (Å²) in [6, 6.07) is 24.7. The molecule has 0 aromatic heterocycles. The van der Waals surface area contributed by atoms with Crippen LogP contribution in [0.3, 0.4) is 0 Å². The minimum Gasteiger partial charge on any atom is -0.354 e. The van der Waals surface area contributed by atoms with E-state index in [1.807, 2.05) is 76.5 Å². The van der Waals surface area contributed by atoms with Crippen LogP contribution in [0, 0.1) is 25.7 Å². The lowest BCUT2D eigenvalue weighted by molar-refractivity contribution is -0.130. The Bertz CT molecular complexity index is 1440. The Morgan fingerprint density at radius 3 is 1.80 bits per heavy atom. The standard InChI is InChI=1S/C37H44N4O4/c1-26-11-10-16-31(27(26)2)35-32(36(44)29-12-6-4-7-13-29)23-40(24-33(35)37(45)30-14-8-5-9-15-30)25-34(43)38-17-18-39-19-21-41(22-20-39)28(3)42/h4-16,32-33,35H,17-25H2,1-3H3,(H,38,43)/t32-,33-/m0/s1. The molecule has 2 amide bonds. The Labute approximate surface area is 266 Å². The number of carbonyl (C=O) groups excluding carboxylic acids is 4. The molecule has 236 valence electrons. The largest absolute Gasteiger partial charge is 0.354 e. The van der Waals surface area contributed by atoms with E-state index in [9.17, 15) is 19.2 Å². The van der Waals surface area contributed by atoms with Gasteiger partial charge in [-0.1, -0.05) is 78.9 Å². The molecule has 0 aliphatic carbocycles. The molecular formula is C37H44N4O4. The summed E-state index contributed by atoms with van der Waals surface area (Å²) >= 11 is 0. The summed E-state index contributed by atoms with van der Waals surface area (Å²) in [5.41, 5.74) is 4.45. The Morgan fingerprint density at radius 1 is 0.711 bits per heavy atom. The first-order valence-electron chi connectivity index (χ1n) is 15.9. The maximum absolute atomic E-state index is 14.3. The first-order chi connectivity index (χ1) is 21.7. The minimum atomic E-state index is -0.510. The number of piperidine rings is 1. The second kappa shape index (κ2) is 14.8. The minimum absolute atomic E-state index is 0.0119. The van der Waals surface area contributed by atoms with Gasteiger partial charge in [0.1, 0.15) is 0 Å². The molecular weight excluding hydrogens is 564 g/mol. The highest BCUT2D eigenvalue weighted by atomic mass is 16.2. The maximum atomic E-state index is 14.3. The van der Waals surface area contributed by atoms with Gasteiger partial charge in [0.25, 0.3) is 0 Å². The number of hydrogen-bond acceptors (Lipinski definition) is 6. The van der Waals surface area contributed by atoms with Gasteiger partial charge in [0.15, 0.2) is 11.6 Å². The molecule has 1 N–H and O–H groups in total. The van der Waals surface area contributed by atoms with Gasteiger partial charge in [-0.25, -0.2) is 0 Å². The van der Waals surface area contributed by atoms with Crippen LogP contribution in [0.4, 0.5) is 0 Å². The van der Waals surface area contributed by atoms with Gasteiger partial charge in [-0.3, -0.25) is 29.0 Å². The molecule has 3 aromatic carbocycles. The van der Waals surface area contributed by atoms with Gasteiger partial charge in [0.05, 0.1) is 6.54 Å². The SMILES string of the molecule is CC(=O)N1CCN(CCNC(=O)CN2C[C@H](C(=O)c3ccccc3)C(c3cccc(C)c3C)[C@@H](C(=O)c3ccccc3)C2)CC1. The third kappa shape index (κ3) is 7.75. The van der Waals surface area contributed by atoms with Gasteiger partial charge >= 0.3 is 0 Å². The average molecular weight is 609 g/mol. The monoisotopic (exact) mass is 608 g/mol. The van der Waals surface area contributed by atoms with Crippen molar-refractivity contribution < 1.29 is 19.2 Å². The molecule has 2 aliphatic heterocycles. The topological polar surface area (TPSA) is 90.0 Å². The molecule has 0 radical (unpaired) electrons. The summed E-state index contributed by atoms with van der Waals surface area (Å²) in [6.45, 7) is 10.8. The average Bonchev–Trinajstić information content (AvgIpc) is 3.06. The van der Waals surface area contributed by atoms with Crippen molar-refractivity contribution in [2.24, 2.45) is 11.8 Å². The number of piperazine rings is 1. The zero-order valence-electron chi connectivity index (χ0n) is 26.6. The molecule has 2 atom stereocenters. The number of carbonyl (C=O) groups is 4. The predicted octanol–water partition coefficient (Wildman–Crippen LogP) is 3.98. The van der Waals surface area contributed by atoms with E-state index in [1.54, 1.807) is 6.92 Å². The second-order valence-electron chi connectivity index (χ2n) is 12.4. The van der Waals surface area contributed by atoms with Crippen LogP contribution in [-0.4, -0.2) is 97.0 Å². The highest BCUT2D eigenvalue weighted by molar-refractivity contribution is 6.02. The van der Waals surface area contributed by atoms with E-state index >= 15 is 0 Å². The number of ketones is 2. The fourth-order valence-corrected chi connectivity index (χ4v) is 6.86. The van der Waals surface area contributed by atoms with Crippen molar-refractivity contribution in [3.05, 3.63) is 107 Å². The molecule has 2 aliphatic rings. The van der Waals surface area contributed by atoms with Crippen molar-refractivity contribution in [2.75, 3.05) is 58.9 Å². The summed E-state index contributed by atoms with van der Waals surface area (Å²) in [6.07, 6.45) is 0. The van der Waals surface area contributed by atoms with Gasteiger partial charge in [0.2, 0.25) is 11.8 Å². The van der Waals surface area contributed by atoms with Crippen LogP contribution in [0.2, 0.25) is 0 Å². The fraction of sp³-hybridized carbons (Fsp3) is 0.405. The summed E-state index contributed by atoms with van der Waals surface area (Å²) < 4.78 is 0. The first kappa shape index (κ1) is 32.3. The molecule has 0 spiro atoms. The Kier molecular flexibility index (Phi) is 10.6. The molecule has 45 heavy (non-hydrogen) atoms. The lowest BCUT2D eigenvalue weighted by Crippen LogP contribution is -2.53. The van der Waals surface area contributed by atoms with Gasteiger partial charge in [0, 0.05) is 88.2 Å². The number of benzene rings is 3. The number of aryl methyl sites for hydroxylation is 1. The van der Waals surface area contributed by atoms with Gasteiger partial charge < -0.3 is 10.2 Å². The normalized spacial score (nSPS) is 19.7. The maximum Gasteiger partial charge on any atom is 0.234 e. The van der Waals surface area contributed by atoms with Crippen LogP contribution < -0.4 is 5.32 Å². The quantitative estimate of drug-likeness (QED) is 0.351. The van der Waals surface area contributed by atoms with E-state index in [2.05, 4.69) is 36.2 Å². The van der Waals surface area contributed by atoms with Crippen molar-refractivity contribution in [3.63, 3.8) is 0 Å². The van der Waals surface area contributed by atoms with Crippen LogP contribution in [0.15, 0.2) is 78.9 Å². The van der Waals surface area contributed by atoms with Crippen molar-refractivity contribution in [2.45, 2.75) is 26.7 Å². The molecule has 0 bridgehead atoms. The molecule has 0 saturated carbocycles. The van der Waals surface area contributed by atoms with Crippen LogP contribution in [0.1, 0.15) is 50.2 Å². The van der Waals surface area contributed by atoms with E-state index in [1.165, 1.54) is 0 Å². The highest BCUT2D eigenvalue weighted by Crippen LogP contribution is 2.42. The molecule has 2 saturated heterocycles. The van der Waals surface area contributed by atoms with Crippen LogP contribution in [0.25, 0.3) is 0 Å². The van der Waals surface area contributed by atoms with Crippen molar-refractivity contribution in [1.29, 1.82) is 0 Å². The summed E-state index contributed by atoms with van der Waals surface area (Å²) in [4.78, 5) is 59.5. The highest BCUT2D eigenvalue weighted by Gasteiger charge is 2.45. The van der Waals surface area contributed by atoms with Crippen LogP contribution >= 0.6 is 0 Å². The number of amides is 2. The predicted molar refractivity (Wildman–Crippen MR) is 175 cm³/mol. The number of rotatable bonds is 10. The number of Topliss-reactive ketones (excluding diaryl/α,β-unsaturated/α-hetero) is 2. The summed E-state index contributed by atoms with van der Waals surface area (Å²) in [5, 5.41) is 3.05. The molecule has 8 nitrogen and oxygen atoms in total. The molecule has 0 unspecified atom stereocenters. The summed E-state index contributed by atoms with van der Waals surface area (Å²) in [7, 11) is 0. The van der Waals surface area contributed by atoms with Crippen LogP contribution in [-0.2, 0) is 9.59 Å². The molecule has 2 fully saturated rings. The second-order valence-corrected chi connectivity index (χ2v) is 12.4. The summed E-state index contributed by atoms with van der Waals surface area (Å²) in [5.74, 6) is -1.41. The van der Waals surface area contributed by atoms with E-state index in [-0.39, 0.29) is 35.8 Å². The molecule has 5 rings (SSSR count). The van der Waals surface area contributed by atoms with E-state index in [0.717, 1.165) is 29.8 Å². The number of hydrogen-bond donors (Lipinski definition) is 1. The number of nitrogens with one attached hydrogen (secondary N) is 1. The zero-order chi connectivity index (χ0) is 31.9. The smallest absolute Gasteiger partial charge is 0.234 e. The Hall–Kier alpha value is -4.14. The van der Waals surface area contributed by atoms with E-state index < -0.39 is 11.8 Å². The lowest BCUT2D eigenvalue weighted by Gasteiger charge is -2.43. The lowest BCUT2D eigenvalue weighted by atomic mass is 9.67. The fourth-order valence-electron chi connectivity index (χ4n) is 6.86. The van der Waals surface area contributed by atoms with Crippen molar-refractivity contribution in [1.82, 2.24) is 20.0 Å². The molecule has 8 heteroatoms. The van der Waals surface area contributed by atoms with Crippen molar-refractivity contribution >= 4 is 23.4 Å². The molecule has 2 heterocycles.